The Kier molecular flexibility index (Phi) is 5.96. The first kappa shape index (κ1) is 18.7. The van der Waals surface area contributed by atoms with Crippen molar-refractivity contribution in [2.75, 3.05) is 14.2 Å². The zero-order valence-electron chi connectivity index (χ0n) is 15.4. The molecule has 0 bridgehead atoms. The maximum absolute atomic E-state index is 12.3. The quantitative estimate of drug-likeness (QED) is 0.873. The van der Waals surface area contributed by atoms with E-state index in [-0.39, 0.29) is 17.7 Å². The van der Waals surface area contributed by atoms with Gasteiger partial charge in [0, 0.05) is 23.7 Å². The molecule has 2 rings (SSSR count). The zero-order valence-corrected chi connectivity index (χ0v) is 15.4. The molecule has 0 fully saturated rings. The molecule has 0 radical (unpaired) electrons. The molecule has 0 aliphatic rings. The molecule has 0 aliphatic carbocycles. The highest BCUT2D eigenvalue weighted by Crippen LogP contribution is 2.27. The molecule has 1 amide bonds. The predicted octanol–water partition coefficient (Wildman–Crippen LogP) is 2.65. The number of carbonyl (C=O) groups excluding carboxylic acids is 1. The first-order valence-electron chi connectivity index (χ1n) is 8.12. The van der Waals surface area contributed by atoms with Gasteiger partial charge in [0.05, 0.1) is 26.3 Å². The Bertz CT molecular complexity index is 739. The fraction of sp³-hybridized carbons (Fsp3) is 0.421. The van der Waals surface area contributed by atoms with Gasteiger partial charge in [0.2, 0.25) is 5.91 Å². The molecule has 1 N–H and O–H groups in total. The third kappa shape index (κ3) is 4.92. The normalized spacial score (nSPS) is 11.1. The molecule has 6 nitrogen and oxygen atoms in total. The van der Waals surface area contributed by atoms with Crippen molar-refractivity contribution in [1.82, 2.24) is 15.3 Å². The fourth-order valence-corrected chi connectivity index (χ4v) is 2.60. The number of carbonyl (C=O) groups is 1. The Labute approximate surface area is 148 Å². The van der Waals surface area contributed by atoms with Crippen molar-refractivity contribution in [3.8, 4) is 11.5 Å². The number of rotatable bonds is 6. The molecule has 0 aliphatic heterocycles. The van der Waals surface area contributed by atoms with E-state index < -0.39 is 0 Å². The second-order valence-electron chi connectivity index (χ2n) is 6.79. The summed E-state index contributed by atoms with van der Waals surface area (Å²) >= 11 is 0. The van der Waals surface area contributed by atoms with Crippen LogP contribution < -0.4 is 14.8 Å². The third-order valence-corrected chi connectivity index (χ3v) is 3.79. The average Bonchev–Trinajstić information content (AvgIpc) is 2.59. The summed E-state index contributed by atoms with van der Waals surface area (Å²) in [5, 5.41) is 2.94. The summed E-state index contributed by atoms with van der Waals surface area (Å²) in [5.41, 5.74) is 2.62. The molecule has 0 saturated carbocycles. The van der Waals surface area contributed by atoms with E-state index in [1.165, 1.54) is 6.33 Å². The van der Waals surface area contributed by atoms with Crippen molar-refractivity contribution < 1.29 is 14.3 Å². The Morgan fingerprint density at radius 1 is 1.16 bits per heavy atom. The average molecular weight is 343 g/mol. The van der Waals surface area contributed by atoms with Crippen LogP contribution in [0.15, 0.2) is 30.7 Å². The van der Waals surface area contributed by atoms with Crippen LogP contribution in [0.3, 0.4) is 0 Å². The molecule has 134 valence electrons. The molecule has 0 atom stereocenters. The Balaban J connectivity index is 2.03. The lowest BCUT2D eigenvalue weighted by atomic mass is 9.89. The molecule has 25 heavy (non-hydrogen) atoms. The summed E-state index contributed by atoms with van der Waals surface area (Å²) < 4.78 is 10.5. The highest BCUT2D eigenvalue weighted by atomic mass is 16.5. The molecule has 6 heteroatoms. The van der Waals surface area contributed by atoms with Gasteiger partial charge in [0.15, 0.2) is 11.5 Å². The van der Waals surface area contributed by atoms with E-state index >= 15 is 0 Å². The highest BCUT2D eigenvalue weighted by molar-refractivity contribution is 5.78. The van der Waals surface area contributed by atoms with E-state index in [4.69, 9.17) is 9.47 Å². The lowest BCUT2D eigenvalue weighted by Gasteiger charge is -2.21. The number of nitrogens with zero attached hydrogens (tertiary/aromatic N) is 2. The lowest BCUT2D eigenvalue weighted by molar-refractivity contribution is -0.120. The van der Waals surface area contributed by atoms with Crippen LogP contribution in [0.5, 0.6) is 11.5 Å². The number of hydrogen-bond acceptors (Lipinski definition) is 5. The number of amides is 1. The molecule has 1 heterocycles. The van der Waals surface area contributed by atoms with Crippen LogP contribution in [0, 0.1) is 0 Å². The number of ether oxygens (including phenoxy) is 2. The fourth-order valence-electron chi connectivity index (χ4n) is 2.60. The Hall–Kier alpha value is -2.63. The topological polar surface area (TPSA) is 73.3 Å². The van der Waals surface area contributed by atoms with E-state index in [0.29, 0.717) is 18.0 Å². The third-order valence-electron chi connectivity index (χ3n) is 3.79. The van der Waals surface area contributed by atoms with Crippen LogP contribution in [-0.4, -0.2) is 30.1 Å². The standard InChI is InChI=1S/C19H25N3O3/c1-19(2,3)18-14(10-20-12-22-18)11-21-17(23)9-13-6-7-15(24-4)16(8-13)25-5/h6-8,10,12H,9,11H2,1-5H3,(H,21,23). The minimum Gasteiger partial charge on any atom is -0.493 e. The van der Waals surface area contributed by atoms with Crippen LogP contribution in [0.4, 0.5) is 0 Å². The maximum Gasteiger partial charge on any atom is 0.224 e. The van der Waals surface area contributed by atoms with E-state index in [2.05, 4.69) is 36.1 Å². The van der Waals surface area contributed by atoms with E-state index in [1.54, 1.807) is 26.5 Å². The van der Waals surface area contributed by atoms with E-state index in [1.807, 2.05) is 12.1 Å². The summed E-state index contributed by atoms with van der Waals surface area (Å²) in [7, 11) is 3.16. The number of benzene rings is 1. The molecular formula is C19H25N3O3. The predicted molar refractivity (Wildman–Crippen MR) is 95.8 cm³/mol. The summed E-state index contributed by atoms with van der Waals surface area (Å²) in [4.78, 5) is 20.7. The zero-order chi connectivity index (χ0) is 18.4. The van der Waals surface area contributed by atoms with Crippen molar-refractivity contribution in [3.63, 3.8) is 0 Å². The number of aromatic nitrogens is 2. The van der Waals surface area contributed by atoms with E-state index in [0.717, 1.165) is 16.8 Å². The van der Waals surface area contributed by atoms with Crippen LogP contribution >= 0.6 is 0 Å². The summed E-state index contributed by atoms with van der Waals surface area (Å²) in [5.74, 6) is 1.18. The molecule has 2 aromatic rings. The molecule has 1 aromatic carbocycles. The molecule has 0 saturated heterocycles. The molecule has 0 unspecified atom stereocenters. The molecular weight excluding hydrogens is 318 g/mol. The number of hydrogen-bond donors (Lipinski definition) is 1. The highest BCUT2D eigenvalue weighted by Gasteiger charge is 2.20. The van der Waals surface area contributed by atoms with Gasteiger partial charge in [-0.15, -0.1) is 0 Å². The van der Waals surface area contributed by atoms with Gasteiger partial charge in [-0.05, 0) is 17.7 Å². The largest absolute Gasteiger partial charge is 0.493 e. The van der Waals surface area contributed by atoms with E-state index in [9.17, 15) is 4.79 Å². The maximum atomic E-state index is 12.3. The molecule has 1 aromatic heterocycles. The minimum atomic E-state index is -0.105. The van der Waals surface area contributed by atoms with Gasteiger partial charge in [0.25, 0.3) is 0 Å². The number of methoxy groups -OCH3 is 2. The SMILES string of the molecule is COc1ccc(CC(=O)NCc2cncnc2C(C)(C)C)cc1OC. The van der Waals surface area contributed by atoms with Gasteiger partial charge in [0.1, 0.15) is 6.33 Å². The first-order chi connectivity index (χ1) is 11.8. The van der Waals surface area contributed by atoms with Gasteiger partial charge in [-0.3, -0.25) is 4.79 Å². The van der Waals surface area contributed by atoms with Crippen LogP contribution in [0.2, 0.25) is 0 Å². The van der Waals surface area contributed by atoms with Crippen molar-refractivity contribution in [1.29, 1.82) is 0 Å². The summed E-state index contributed by atoms with van der Waals surface area (Å²) in [6.45, 7) is 6.67. The van der Waals surface area contributed by atoms with Gasteiger partial charge in [-0.25, -0.2) is 9.97 Å². The lowest BCUT2D eigenvalue weighted by Crippen LogP contribution is -2.27. The first-order valence-corrected chi connectivity index (χ1v) is 8.12. The molecule has 0 spiro atoms. The summed E-state index contributed by atoms with van der Waals surface area (Å²) in [6, 6.07) is 5.46. The van der Waals surface area contributed by atoms with Crippen molar-refractivity contribution in [2.24, 2.45) is 0 Å². The van der Waals surface area contributed by atoms with Gasteiger partial charge >= 0.3 is 0 Å². The van der Waals surface area contributed by atoms with Gasteiger partial charge in [-0.1, -0.05) is 26.8 Å². The second kappa shape index (κ2) is 7.96. The monoisotopic (exact) mass is 343 g/mol. The van der Waals surface area contributed by atoms with Crippen LogP contribution in [-0.2, 0) is 23.2 Å². The van der Waals surface area contributed by atoms with Crippen LogP contribution in [0.1, 0.15) is 37.6 Å². The minimum absolute atomic E-state index is 0.0732. The van der Waals surface area contributed by atoms with Crippen LogP contribution in [0.25, 0.3) is 0 Å². The number of nitrogens with one attached hydrogen (secondary N) is 1. The van der Waals surface area contributed by atoms with Gasteiger partial charge < -0.3 is 14.8 Å². The summed E-state index contributed by atoms with van der Waals surface area (Å²) in [6.07, 6.45) is 3.55. The van der Waals surface area contributed by atoms with Gasteiger partial charge in [-0.2, -0.15) is 0 Å². The Morgan fingerprint density at radius 2 is 1.88 bits per heavy atom. The van der Waals surface area contributed by atoms with Crippen molar-refractivity contribution >= 4 is 5.91 Å². The van der Waals surface area contributed by atoms with Crippen molar-refractivity contribution in [3.05, 3.63) is 47.5 Å². The smallest absolute Gasteiger partial charge is 0.224 e. The Morgan fingerprint density at radius 3 is 2.52 bits per heavy atom. The second-order valence-corrected chi connectivity index (χ2v) is 6.79. The van der Waals surface area contributed by atoms with Crippen molar-refractivity contribution in [2.45, 2.75) is 39.2 Å².